The number of nitrogens with zero attached hydrogens (tertiary/aromatic N) is 5. The molecule has 0 aliphatic heterocycles. The number of hydrogen-bond donors (Lipinski definition) is 1. The highest BCUT2D eigenvalue weighted by Gasteiger charge is 2.32. The van der Waals surface area contributed by atoms with Gasteiger partial charge in [-0.2, -0.15) is 13.2 Å². The van der Waals surface area contributed by atoms with E-state index >= 15 is 0 Å². The normalized spacial score (nSPS) is 13.2. The minimum absolute atomic E-state index is 0.0810. The van der Waals surface area contributed by atoms with Crippen molar-refractivity contribution in [3.05, 3.63) is 67.9 Å². The van der Waals surface area contributed by atoms with Gasteiger partial charge in [-0.15, -0.1) is 15.3 Å². The Morgan fingerprint density at radius 2 is 1.97 bits per heavy atom. The van der Waals surface area contributed by atoms with Crippen molar-refractivity contribution in [2.75, 3.05) is 5.32 Å². The first-order valence-corrected chi connectivity index (χ1v) is 11.9. The second-order valence-corrected chi connectivity index (χ2v) is 9.40. The van der Waals surface area contributed by atoms with Crippen LogP contribution in [0.5, 0.6) is 0 Å². The van der Waals surface area contributed by atoms with Crippen LogP contribution in [-0.4, -0.2) is 30.9 Å². The largest absolute Gasteiger partial charge is 0.416 e. The van der Waals surface area contributed by atoms with E-state index in [1.807, 2.05) is 0 Å². The highest BCUT2D eigenvalue weighted by Crippen LogP contribution is 2.37. The zero-order valence-corrected chi connectivity index (χ0v) is 20.3. The lowest BCUT2D eigenvalue weighted by Gasteiger charge is -2.15. The minimum Gasteiger partial charge on any atom is -0.408 e. The van der Waals surface area contributed by atoms with Gasteiger partial charge in [-0.3, -0.25) is 14.9 Å². The molecular formula is C23H14ClF3N6O3S. The average molecular weight is 547 g/mol. The fraction of sp³-hybridized carbons (Fsp3) is 0.217. The predicted molar refractivity (Wildman–Crippen MR) is 128 cm³/mol. The van der Waals surface area contributed by atoms with Gasteiger partial charge in [0, 0.05) is 41.3 Å². The van der Waals surface area contributed by atoms with Crippen LogP contribution < -0.4 is 10.9 Å². The minimum atomic E-state index is -4.68. The molecule has 1 aliphatic rings. The molecule has 14 heteroatoms. The molecule has 1 amide bonds. The monoisotopic (exact) mass is 546 g/mol. The van der Waals surface area contributed by atoms with Gasteiger partial charge in [0.05, 0.1) is 11.1 Å². The molecule has 1 aromatic carbocycles. The van der Waals surface area contributed by atoms with E-state index in [0.717, 1.165) is 59.2 Å². The molecule has 1 N–H and O–H groups in total. The first-order valence-electron chi connectivity index (χ1n) is 10.7. The summed E-state index contributed by atoms with van der Waals surface area (Å²) in [6.45, 7) is 1.50. The molecule has 9 nitrogen and oxygen atoms in total. The number of aromatic nitrogens is 5. The molecule has 0 atom stereocenters. The molecule has 3 heterocycles. The smallest absolute Gasteiger partial charge is 0.408 e. The van der Waals surface area contributed by atoms with Crippen molar-refractivity contribution in [1.29, 1.82) is 0 Å². The lowest BCUT2D eigenvalue weighted by atomic mass is 9.99. The number of anilines is 1. The van der Waals surface area contributed by atoms with Crippen LogP contribution in [0.25, 0.3) is 17.1 Å². The Bertz CT molecular complexity index is 1650. The van der Waals surface area contributed by atoms with Crippen LogP contribution in [0.4, 0.5) is 18.3 Å². The summed E-state index contributed by atoms with van der Waals surface area (Å²) >= 11 is 7.28. The fourth-order valence-electron chi connectivity index (χ4n) is 3.26. The van der Waals surface area contributed by atoms with Crippen molar-refractivity contribution < 1.29 is 22.4 Å². The second-order valence-electron chi connectivity index (χ2n) is 8.02. The van der Waals surface area contributed by atoms with Crippen molar-refractivity contribution in [2.45, 2.75) is 25.9 Å². The molecule has 1 fully saturated rings. The summed E-state index contributed by atoms with van der Waals surface area (Å²) in [5, 5.41) is 18.2. The highest BCUT2D eigenvalue weighted by molar-refractivity contribution is 7.15. The third-order valence-corrected chi connectivity index (χ3v) is 6.29. The van der Waals surface area contributed by atoms with Crippen LogP contribution in [0.2, 0.25) is 5.02 Å². The molecule has 1 saturated carbocycles. The lowest BCUT2D eigenvalue weighted by molar-refractivity contribution is -0.137. The Morgan fingerprint density at radius 3 is 2.65 bits per heavy atom. The van der Waals surface area contributed by atoms with E-state index < -0.39 is 23.2 Å². The van der Waals surface area contributed by atoms with E-state index in [2.05, 4.69) is 37.6 Å². The fourth-order valence-corrected chi connectivity index (χ4v) is 4.08. The lowest BCUT2D eigenvalue weighted by Crippen LogP contribution is -2.23. The van der Waals surface area contributed by atoms with Gasteiger partial charge in [0.2, 0.25) is 11.0 Å². The molecule has 4 aromatic rings. The maximum Gasteiger partial charge on any atom is 0.416 e. The van der Waals surface area contributed by atoms with Gasteiger partial charge in [0.25, 0.3) is 11.5 Å². The van der Waals surface area contributed by atoms with Crippen LogP contribution in [-0.2, 0) is 6.18 Å². The Kier molecular flexibility index (Phi) is 6.30. The number of pyridine rings is 1. The molecule has 3 aromatic heterocycles. The number of amides is 1. The molecule has 0 unspecified atom stereocenters. The number of carbonyl (C=O) groups excluding carboxylic acids is 1. The summed E-state index contributed by atoms with van der Waals surface area (Å²) < 4.78 is 46.6. The number of alkyl halides is 3. The van der Waals surface area contributed by atoms with E-state index in [1.165, 1.54) is 6.92 Å². The quantitative estimate of drug-likeness (QED) is 0.368. The summed E-state index contributed by atoms with van der Waals surface area (Å²) in [4.78, 5) is 26.1. The standard InChI is InChI=1S/C23H14ClF3N6O3S/c1-11-29-32-22(36-11)33-10-16(14-8-13(23(25,26)27)5-6-17(14)24)15(9-19(33)34)20(35)28-21-31-30-18(37-21)7-4-12-2-3-12/h5-6,8-10,12H,2-3H2,1H3,(H,28,31,35). The van der Waals surface area contributed by atoms with E-state index in [4.69, 9.17) is 16.0 Å². The summed E-state index contributed by atoms with van der Waals surface area (Å²) in [5.41, 5.74) is -2.21. The highest BCUT2D eigenvalue weighted by atomic mass is 35.5. The molecule has 188 valence electrons. The van der Waals surface area contributed by atoms with Gasteiger partial charge in [-0.05, 0) is 37.0 Å². The van der Waals surface area contributed by atoms with E-state index in [9.17, 15) is 22.8 Å². The van der Waals surface area contributed by atoms with Crippen molar-refractivity contribution in [2.24, 2.45) is 5.92 Å². The zero-order valence-electron chi connectivity index (χ0n) is 18.8. The average Bonchev–Trinajstić information content (AvgIpc) is 3.41. The van der Waals surface area contributed by atoms with Crippen molar-refractivity contribution in [1.82, 2.24) is 25.0 Å². The molecule has 0 spiro atoms. The van der Waals surface area contributed by atoms with Crippen LogP contribution in [0.15, 0.2) is 39.7 Å². The third kappa shape index (κ3) is 5.40. The first-order chi connectivity index (χ1) is 17.6. The van der Waals surface area contributed by atoms with Gasteiger partial charge in [-0.25, -0.2) is 4.57 Å². The predicted octanol–water partition coefficient (Wildman–Crippen LogP) is 4.73. The summed E-state index contributed by atoms with van der Waals surface area (Å²) in [7, 11) is 0. The second kappa shape index (κ2) is 9.45. The summed E-state index contributed by atoms with van der Waals surface area (Å²) in [6, 6.07) is 3.37. The van der Waals surface area contributed by atoms with Crippen molar-refractivity contribution in [3.8, 4) is 29.0 Å². The van der Waals surface area contributed by atoms with E-state index in [1.54, 1.807) is 0 Å². The SMILES string of the molecule is Cc1nnc(-n2cc(-c3cc(C(F)(F)F)ccc3Cl)c(C(=O)Nc3nnc(C#CC4CC4)s3)cc2=O)o1. The maximum absolute atomic E-state index is 13.5. The van der Waals surface area contributed by atoms with Crippen molar-refractivity contribution >= 4 is 34.0 Å². The van der Waals surface area contributed by atoms with Crippen LogP contribution in [0.1, 0.15) is 39.7 Å². The van der Waals surface area contributed by atoms with Crippen LogP contribution >= 0.6 is 22.9 Å². The van der Waals surface area contributed by atoms with Crippen LogP contribution in [0, 0.1) is 24.7 Å². The van der Waals surface area contributed by atoms with Gasteiger partial charge in [-0.1, -0.05) is 34.0 Å². The number of benzene rings is 1. The molecule has 5 rings (SSSR count). The van der Waals surface area contributed by atoms with Gasteiger partial charge >= 0.3 is 12.2 Å². The number of carbonyl (C=O) groups is 1. The van der Waals surface area contributed by atoms with Crippen molar-refractivity contribution in [3.63, 3.8) is 0 Å². The Balaban J connectivity index is 1.59. The van der Waals surface area contributed by atoms with E-state index in [0.29, 0.717) is 10.9 Å². The van der Waals surface area contributed by atoms with Crippen LogP contribution in [0.3, 0.4) is 0 Å². The van der Waals surface area contributed by atoms with E-state index in [-0.39, 0.29) is 38.7 Å². The Labute approximate surface area is 215 Å². The number of halogens is 4. The molecule has 0 bridgehead atoms. The summed E-state index contributed by atoms with van der Waals surface area (Å²) in [6.07, 6.45) is -1.49. The zero-order chi connectivity index (χ0) is 26.3. The van der Waals surface area contributed by atoms with Gasteiger partial charge in [0.1, 0.15) is 0 Å². The third-order valence-electron chi connectivity index (χ3n) is 5.21. The molecule has 1 aliphatic carbocycles. The molecule has 0 saturated heterocycles. The molecule has 0 radical (unpaired) electrons. The van der Waals surface area contributed by atoms with Gasteiger partial charge in [0.15, 0.2) is 5.01 Å². The van der Waals surface area contributed by atoms with Gasteiger partial charge < -0.3 is 4.42 Å². The number of hydrogen-bond acceptors (Lipinski definition) is 8. The Morgan fingerprint density at radius 1 is 1.19 bits per heavy atom. The molecule has 37 heavy (non-hydrogen) atoms. The first kappa shape index (κ1) is 24.7. The Hall–Kier alpha value is -4.02. The summed E-state index contributed by atoms with van der Waals surface area (Å²) in [5.74, 6) is 5.60. The maximum atomic E-state index is 13.5. The number of aryl methyl sites for hydroxylation is 1. The molecular weight excluding hydrogens is 533 g/mol. The topological polar surface area (TPSA) is 116 Å². The number of rotatable bonds is 4. The number of nitrogens with one attached hydrogen (secondary N) is 1.